The van der Waals surface area contributed by atoms with Crippen molar-refractivity contribution in [1.29, 1.82) is 0 Å². The monoisotopic (exact) mass is 337 g/mol. The highest BCUT2D eigenvalue weighted by molar-refractivity contribution is 5.78. The Bertz CT molecular complexity index is 618. The average Bonchev–Trinajstić information content (AvgIpc) is 2.53. The van der Waals surface area contributed by atoms with E-state index in [4.69, 9.17) is 9.47 Å². The van der Waals surface area contributed by atoms with Gasteiger partial charge in [0, 0.05) is 35.8 Å². The van der Waals surface area contributed by atoms with Crippen molar-refractivity contribution in [2.45, 2.75) is 40.0 Å². The first-order valence-corrected chi connectivity index (χ1v) is 7.93. The van der Waals surface area contributed by atoms with Crippen molar-refractivity contribution in [2.24, 2.45) is 0 Å². The third-order valence-corrected chi connectivity index (χ3v) is 3.64. The number of benzene rings is 1. The van der Waals surface area contributed by atoms with Crippen molar-refractivity contribution >= 4 is 11.6 Å². The third kappa shape index (κ3) is 4.65. The first-order chi connectivity index (χ1) is 11.4. The average molecular weight is 337 g/mol. The highest BCUT2D eigenvalue weighted by Crippen LogP contribution is 2.33. The Labute approximate surface area is 140 Å². The van der Waals surface area contributed by atoms with Gasteiger partial charge in [-0.2, -0.15) is 0 Å². The van der Waals surface area contributed by atoms with Crippen LogP contribution in [0.5, 0.6) is 5.75 Å². The molecule has 0 fully saturated rings. The second kappa shape index (κ2) is 8.07. The first kappa shape index (κ1) is 18.2. The van der Waals surface area contributed by atoms with Crippen LogP contribution in [0.2, 0.25) is 0 Å². The maximum Gasteiger partial charge on any atom is 0.270 e. The van der Waals surface area contributed by atoms with Crippen molar-refractivity contribution in [3.8, 4) is 5.75 Å². The summed E-state index contributed by atoms with van der Waals surface area (Å²) in [6.45, 7) is 7.41. The molecule has 1 aromatic carbocycles. The van der Waals surface area contributed by atoms with E-state index in [1.54, 1.807) is 0 Å². The van der Waals surface area contributed by atoms with E-state index in [1.807, 2.05) is 25.7 Å². The van der Waals surface area contributed by atoms with Gasteiger partial charge in [0.25, 0.3) is 5.69 Å². The maximum absolute atomic E-state index is 12.0. The largest absolute Gasteiger partial charge is 0.467 e. The number of nitro benzene ring substituents is 1. The topological polar surface area (TPSA) is 93.9 Å². The minimum absolute atomic E-state index is 0.000495. The van der Waals surface area contributed by atoms with Crippen molar-refractivity contribution in [2.75, 3.05) is 19.9 Å². The summed E-state index contributed by atoms with van der Waals surface area (Å²) in [5, 5.41) is 14.0. The highest BCUT2D eigenvalue weighted by Gasteiger charge is 2.22. The molecule has 1 aliphatic rings. The van der Waals surface area contributed by atoms with E-state index in [2.05, 4.69) is 5.32 Å². The minimum Gasteiger partial charge on any atom is -0.467 e. The number of carbonyl (C=O) groups excluding carboxylic acids is 1. The minimum atomic E-state index is -0.430. The molecule has 0 aromatic heterocycles. The van der Waals surface area contributed by atoms with Gasteiger partial charge in [0.15, 0.2) is 6.79 Å². The van der Waals surface area contributed by atoms with Crippen LogP contribution in [0, 0.1) is 10.1 Å². The van der Waals surface area contributed by atoms with E-state index < -0.39 is 4.92 Å². The summed E-state index contributed by atoms with van der Waals surface area (Å²) in [7, 11) is 0. The number of nitro groups is 1. The second-order valence-corrected chi connectivity index (χ2v) is 5.99. The third-order valence-electron chi connectivity index (χ3n) is 3.64. The first-order valence-electron chi connectivity index (χ1n) is 7.93. The molecule has 24 heavy (non-hydrogen) atoms. The summed E-state index contributed by atoms with van der Waals surface area (Å²) >= 11 is 0. The van der Waals surface area contributed by atoms with Crippen LogP contribution in [-0.2, 0) is 22.7 Å². The van der Waals surface area contributed by atoms with Gasteiger partial charge in [0.2, 0.25) is 5.91 Å². The lowest BCUT2D eigenvalue weighted by atomic mass is 10.1. The Kier molecular flexibility index (Phi) is 6.10. The molecule has 1 N–H and O–H groups in total. The standard InChI is InChI=1S/C16H23N3O5/c1-4-18(8-15(20)17-11(2)3)7-12-5-14(19(21)22)6-13-9-23-10-24-16(12)13/h5-6,11H,4,7-10H2,1-3H3,(H,17,20). The van der Waals surface area contributed by atoms with Crippen LogP contribution in [0.4, 0.5) is 5.69 Å². The Hall–Kier alpha value is -2.19. The number of carbonyl (C=O) groups is 1. The lowest BCUT2D eigenvalue weighted by Gasteiger charge is -2.25. The normalized spacial score (nSPS) is 13.5. The Balaban J connectivity index is 2.21. The number of likely N-dealkylation sites (N-methyl/N-ethyl adjacent to an activating group) is 1. The van der Waals surface area contributed by atoms with Gasteiger partial charge in [-0.25, -0.2) is 0 Å². The number of non-ortho nitro benzene ring substituents is 1. The number of fused-ring (bicyclic) bond motifs is 1. The second-order valence-electron chi connectivity index (χ2n) is 5.99. The van der Waals surface area contributed by atoms with E-state index in [-0.39, 0.29) is 37.6 Å². The molecule has 8 heteroatoms. The molecule has 1 aliphatic heterocycles. The molecule has 0 spiro atoms. The van der Waals surface area contributed by atoms with Gasteiger partial charge in [0.05, 0.1) is 18.1 Å². The molecule has 0 aliphatic carbocycles. The van der Waals surface area contributed by atoms with Gasteiger partial charge < -0.3 is 14.8 Å². The molecular formula is C16H23N3O5. The van der Waals surface area contributed by atoms with Crippen LogP contribution in [0.1, 0.15) is 31.9 Å². The number of hydrogen-bond donors (Lipinski definition) is 1. The zero-order valence-corrected chi connectivity index (χ0v) is 14.2. The Morgan fingerprint density at radius 1 is 1.46 bits per heavy atom. The van der Waals surface area contributed by atoms with Crippen molar-refractivity contribution < 1.29 is 19.2 Å². The lowest BCUT2D eigenvalue weighted by Crippen LogP contribution is -2.39. The van der Waals surface area contributed by atoms with Crippen molar-refractivity contribution in [3.63, 3.8) is 0 Å². The van der Waals surface area contributed by atoms with E-state index in [0.29, 0.717) is 30.0 Å². The summed E-state index contributed by atoms with van der Waals surface area (Å²) in [5.74, 6) is 0.546. The molecule has 2 rings (SSSR count). The molecule has 0 atom stereocenters. The number of amides is 1. The van der Waals surface area contributed by atoms with Gasteiger partial charge in [0.1, 0.15) is 5.75 Å². The van der Waals surface area contributed by atoms with E-state index in [0.717, 1.165) is 0 Å². The van der Waals surface area contributed by atoms with E-state index in [9.17, 15) is 14.9 Å². The zero-order chi connectivity index (χ0) is 17.7. The molecule has 1 aromatic rings. The fraction of sp³-hybridized carbons (Fsp3) is 0.562. The van der Waals surface area contributed by atoms with Crippen molar-refractivity contribution in [3.05, 3.63) is 33.4 Å². The fourth-order valence-corrected chi connectivity index (χ4v) is 2.59. The smallest absolute Gasteiger partial charge is 0.270 e. The Morgan fingerprint density at radius 3 is 2.83 bits per heavy atom. The summed E-state index contributed by atoms with van der Waals surface area (Å²) in [5.41, 5.74) is 1.36. The quantitative estimate of drug-likeness (QED) is 0.602. The maximum atomic E-state index is 12.0. The highest BCUT2D eigenvalue weighted by atomic mass is 16.7. The van der Waals surface area contributed by atoms with Gasteiger partial charge in [-0.1, -0.05) is 6.92 Å². The summed E-state index contributed by atoms with van der Waals surface area (Å²) in [6.07, 6.45) is 0. The molecule has 0 radical (unpaired) electrons. The van der Waals surface area contributed by atoms with Crippen molar-refractivity contribution in [1.82, 2.24) is 10.2 Å². The predicted molar refractivity (Wildman–Crippen MR) is 87.6 cm³/mol. The fourth-order valence-electron chi connectivity index (χ4n) is 2.59. The predicted octanol–water partition coefficient (Wildman–Crippen LogP) is 1.81. The lowest BCUT2D eigenvalue weighted by molar-refractivity contribution is -0.385. The van der Waals surface area contributed by atoms with Crippen LogP contribution in [0.15, 0.2) is 12.1 Å². The van der Waals surface area contributed by atoms with Crippen LogP contribution in [0.3, 0.4) is 0 Å². The molecule has 0 saturated carbocycles. The molecule has 8 nitrogen and oxygen atoms in total. The van der Waals surface area contributed by atoms with Gasteiger partial charge in [-0.3, -0.25) is 19.8 Å². The van der Waals surface area contributed by atoms with Crippen LogP contribution < -0.4 is 10.1 Å². The number of ether oxygens (including phenoxy) is 2. The molecular weight excluding hydrogens is 314 g/mol. The van der Waals surface area contributed by atoms with Gasteiger partial charge >= 0.3 is 0 Å². The number of nitrogens with one attached hydrogen (secondary N) is 1. The number of hydrogen-bond acceptors (Lipinski definition) is 6. The number of rotatable bonds is 7. The molecule has 1 amide bonds. The molecule has 0 saturated heterocycles. The number of nitrogens with zero attached hydrogens (tertiary/aromatic N) is 2. The van der Waals surface area contributed by atoms with E-state index >= 15 is 0 Å². The van der Waals surface area contributed by atoms with Gasteiger partial charge in [-0.05, 0) is 20.4 Å². The SMILES string of the molecule is CCN(CC(=O)NC(C)C)Cc1cc([N+](=O)[O-])cc2c1OCOC2. The summed E-state index contributed by atoms with van der Waals surface area (Å²) in [6, 6.07) is 3.05. The summed E-state index contributed by atoms with van der Waals surface area (Å²) in [4.78, 5) is 24.6. The van der Waals surface area contributed by atoms with Gasteiger partial charge in [-0.15, -0.1) is 0 Å². The molecule has 132 valence electrons. The molecule has 1 heterocycles. The molecule has 0 bridgehead atoms. The molecule has 0 unspecified atom stereocenters. The van der Waals surface area contributed by atoms with Crippen LogP contribution in [-0.4, -0.2) is 41.7 Å². The van der Waals surface area contributed by atoms with Crippen LogP contribution >= 0.6 is 0 Å². The zero-order valence-electron chi connectivity index (χ0n) is 14.2. The Morgan fingerprint density at radius 2 is 2.21 bits per heavy atom. The summed E-state index contributed by atoms with van der Waals surface area (Å²) < 4.78 is 10.7. The van der Waals surface area contributed by atoms with Crippen LogP contribution in [0.25, 0.3) is 0 Å². The van der Waals surface area contributed by atoms with E-state index in [1.165, 1.54) is 12.1 Å².